The van der Waals surface area contributed by atoms with Gasteiger partial charge in [-0.2, -0.15) is 13.2 Å². The summed E-state index contributed by atoms with van der Waals surface area (Å²) >= 11 is 0. The summed E-state index contributed by atoms with van der Waals surface area (Å²) in [6.07, 6.45) is -5.37. The van der Waals surface area contributed by atoms with Crippen molar-refractivity contribution in [1.29, 1.82) is 0 Å². The molecule has 3 aromatic carbocycles. The second-order valence-electron chi connectivity index (χ2n) is 13.0. The van der Waals surface area contributed by atoms with Crippen molar-refractivity contribution in [1.82, 2.24) is 20.4 Å². The Balaban J connectivity index is 1.40. The SMILES string of the molecule is CC(C)(C)OC(=O)NC(Cc1ccccc1)C(=O)N[C@@H](Cc1ccccc1)[C@@H](O)CN1CCN(Cc2ccc(C(F)(F)F)cc2)CC1. The number of ether oxygens (including phenoxy) is 1. The predicted octanol–water partition coefficient (Wildman–Crippen LogP) is 5.05. The number of alkyl halides is 3. The summed E-state index contributed by atoms with van der Waals surface area (Å²) in [4.78, 5) is 30.8. The molecule has 1 fully saturated rings. The van der Waals surface area contributed by atoms with Crippen LogP contribution in [0.1, 0.15) is 43.0 Å². The van der Waals surface area contributed by atoms with Gasteiger partial charge in [0.1, 0.15) is 11.6 Å². The molecule has 2 amide bonds. The number of nitrogens with one attached hydrogen (secondary N) is 2. The van der Waals surface area contributed by atoms with Crippen LogP contribution in [-0.2, 0) is 35.1 Å². The molecule has 3 aromatic rings. The molecule has 1 heterocycles. The van der Waals surface area contributed by atoms with Crippen molar-refractivity contribution in [2.24, 2.45) is 0 Å². The van der Waals surface area contributed by atoms with Crippen LogP contribution in [0.3, 0.4) is 0 Å². The van der Waals surface area contributed by atoms with Gasteiger partial charge in [0, 0.05) is 45.7 Å². The molecule has 1 unspecified atom stereocenters. The van der Waals surface area contributed by atoms with Crippen molar-refractivity contribution in [2.75, 3.05) is 32.7 Å². The minimum absolute atomic E-state index is 0.237. The minimum Gasteiger partial charge on any atom is -0.444 e. The quantitative estimate of drug-likeness (QED) is 0.253. The number of nitrogens with zero attached hydrogens (tertiary/aromatic N) is 2. The largest absolute Gasteiger partial charge is 0.444 e. The van der Waals surface area contributed by atoms with Gasteiger partial charge in [-0.05, 0) is 56.0 Å². The Morgan fingerprint density at radius 3 is 1.83 bits per heavy atom. The Kier molecular flexibility index (Phi) is 12.4. The van der Waals surface area contributed by atoms with Gasteiger partial charge in [0.15, 0.2) is 0 Å². The highest BCUT2D eigenvalue weighted by atomic mass is 19.4. The number of carbonyl (C=O) groups excluding carboxylic acids is 2. The van der Waals surface area contributed by atoms with E-state index < -0.39 is 47.5 Å². The molecule has 0 spiro atoms. The normalized spacial score (nSPS) is 16.6. The van der Waals surface area contributed by atoms with Gasteiger partial charge in [-0.3, -0.25) is 14.6 Å². The predicted molar refractivity (Wildman–Crippen MR) is 175 cm³/mol. The Morgan fingerprint density at radius 2 is 1.30 bits per heavy atom. The molecule has 11 heteroatoms. The number of amides is 2. The van der Waals surface area contributed by atoms with Gasteiger partial charge in [-0.1, -0.05) is 72.8 Å². The first-order valence-corrected chi connectivity index (χ1v) is 15.9. The van der Waals surface area contributed by atoms with E-state index in [9.17, 15) is 27.9 Å². The average molecular weight is 655 g/mol. The summed E-state index contributed by atoms with van der Waals surface area (Å²) in [5.74, 6) is -0.430. The van der Waals surface area contributed by atoms with E-state index in [1.54, 1.807) is 20.8 Å². The number of hydrogen-bond donors (Lipinski definition) is 3. The van der Waals surface area contributed by atoms with Crippen molar-refractivity contribution in [2.45, 2.75) is 70.1 Å². The molecule has 3 atom stereocenters. The Bertz CT molecular complexity index is 1410. The zero-order valence-corrected chi connectivity index (χ0v) is 27.2. The molecular formula is C36H45F3N4O4. The molecule has 0 aromatic heterocycles. The molecule has 0 radical (unpaired) electrons. The molecule has 1 aliphatic rings. The molecule has 0 aliphatic carbocycles. The zero-order chi connectivity index (χ0) is 34.0. The first kappa shape index (κ1) is 35.9. The lowest BCUT2D eigenvalue weighted by Gasteiger charge is -2.37. The molecule has 1 aliphatic heterocycles. The highest BCUT2D eigenvalue weighted by Crippen LogP contribution is 2.29. The number of benzene rings is 3. The van der Waals surface area contributed by atoms with Crippen LogP contribution in [0.5, 0.6) is 0 Å². The molecule has 3 N–H and O–H groups in total. The molecule has 254 valence electrons. The summed E-state index contributed by atoms with van der Waals surface area (Å²) in [5, 5.41) is 17.2. The molecule has 0 bridgehead atoms. The van der Waals surface area contributed by atoms with Gasteiger partial charge >= 0.3 is 12.3 Å². The van der Waals surface area contributed by atoms with Crippen molar-refractivity contribution in [3.63, 3.8) is 0 Å². The minimum atomic E-state index is -4.36. The number of rotatable bonds is 12. The van der Waals surface area contributed by atoms with Crippen LogP contribution >= 0.6 is 0 Å². The lowest BCUT2D eigenvalue weighted by molar-refractivity contribution is -0.137. The highest BCUT2D eigenvalue weighted by molar-refractivity contribution is 5.86. The van der Waals surface area contributed by atoms with Crippen LogP contribution in [0, 0.1) is 0 Å². The van der Waals surface area contributed by atoms with Crippen molar-refractivity contribution < 1.29 is 32.6 Å². The first-order valence-electron chi connectivity index (χ1n) is 15.9. The Morgan fingerprint density at radius 1 is 0.766 bits per heavy atom. The van der Waals surface area contributed by atoms with Crippen LogP contribution in [0.2, 0.25) is 0 Å². The van der Waals surface area contributed by atoms with E-state index in [-0.39, 0.29) is 6.42 Å². The van der Waals surface area contributed by atoms with Crippen LogP contribution in [0.4, 0.5) is 18.0 Å². The fourth-order valence-corrected chi connectivity index (χ4v) is 5.52. The number of β-amino-alcohol motifs (C(OH)–C–C–N with tert-alkyl or cyclic N) is 1. The Hall–Kier alpha value is -3.93. The number of piperazine rings is 1. The van der Waals surface area contributed by atoms with Crippen LogP contribution in [0.15, 0.2) is 84.9 Å². The van der Waals surface area contributed by atoms with Gasteiger partial charge in [0.05, 0.1) is 17.7 Å². The van der Waals surface area contributed by atoms with Gasteiger partial charge < -0.3 is 20.5 Å². The maximum absolute atomic E-state index is 13.8. The number of carbonyl (C=O) groups is 2. The van der Waals surface area contributed by atoms with Crippen LogP contribution in [0.25, 0.3) is 0 Å². The van der Waals surface area contributed by atoms with E-state index in [1.165, 1.54) is 12.1 Å². The van der Waals surface area contributed by atoms with Gasteiger partial charge in [0.2, 0.25) is 5.91 Å². The fourth-order valence-electron chi connectivity index (χ4n) is 5.52. The molecular weight excluding hydrogens is 609 g/mol. The van der Waals surface area contributed by atoms with E-state index in [1.807, 2.05) is 60.7 Å². The standard InChI is InChI=1S/C36H45F3N4O4/c1-35(2,3)47-34(46)41-31(23-27-12-8-5-9-13-27)33(45)40-30(22-26-10-6-4-7-11-26)32(44)25-43-20-18-42(19-21-43)24-28-14-16-29(17-15-28)36(37,38)39/h4-17,30-32,44H,18-25H2,1-3H3,(H,40,45)(H,41,46)/t30-,31?,32-/m0/s1. The number of alkyl carbamates (subject to hydrolysis) is 1. The Labute approximate surface area is 274 Å². The smallest absolute Gasteiger partial charge is 0.416 e. The number of hydrogen-bond acceptors (Lipinski definition) is 6. The maximum Gasteiger partial charge on any atom is 0.416 e. The van der Waals surface area contributed by atoms with Crippen molar-refractivity contribution in [3.05, 3.63) is 107 Å². The zero-order valence-electron chi connectivity index (χ0n) is 27.2. The highest BCUT2D eigenvalue weighted by Gasteiger charge is 2.32. The second kappa shape index (κ2) is 16.3. The maximum atomic E-state index is 13.8. The topological polar surface area (TPSA) is 94.1 Å². The molecule has 1 saturated heterocycles. The summed E-state index contributed by atoms with van der Waals surface area (Å²) in [6.45, 7) is 8.77. The number of aliphatic hydroxyl groups excluding tert-OH is 1. The third-order valence-corrected chi connectivity index (χ3v) is 7.98. The summed E-state index contributed by atoms with van der Waals surface area (Å²) in [7, 11) is 0. The fraction of sp³-hybridized carbons (Fsp3) is 0.444. The lowest BCUT2D eigenvalue weighted by atomic mass is 9.99. The van der Waals surface area contributed by atoms with Crippen molar-refractivity contribution >= 4 is 12.0 Å². The second-order valence-corrected chi connectivity index (χ2v) is 13.0. The number of halogens is 3. The lowest BCUT2D eigenvalue weighted by Crippen LogP contribution is -2.57. The van der Waals surface area contributed by atoms with Crippen LogP contribution in [-0.4, -0.2) is 83.4 Å². The van der Waals surface area contributed by atoms with Gasteiger partial charge in [-0.15, -0.1) is 0 Å². The van der Waals surface area contributed by atoms with Crippen LogP contribution < -0.4 is 10.6 Å². The van der Waals surface area contributed by atoms with Gasteiger partial charge in [0.25, 0.3) is 0 Å². The summed E-state index contributed by atoms with van der Waals surface area (Å²) in [6, 6.07) is 22.6. The first-order chi connectivity index (χ1) is 22.2. The molecule has 47 heavy (non-hydrogen) atoms. The van der Waals surface area contributed by atoms with Gasteiger partial charge in [-0.25, -0.2) is 4.79 Å². The van der Waals surface area contributed by atoms with E-state index in [0.29, 0.717) is 45.7 Å². The summed E-state index contributed by atoms with van der Waals surface area (Å²) in [5.41, 5.74) is 1.20. The van der Waals surface area contributed by atoms with Crippen molar-refractivity contribution in [3.8, 4) is 0 Å². The number of aliphatic hydroxyl groups is 1. The molecule has 0 saturated carbocycles. The van der Waals surface area contributed by atoms with E-state index in [4.69, 9.17) is 4.74 Å². The monoisotopic (exact) mass is 654 g/mol. The third kappa shape index (κ3) is 12.0. The molecule has 8 nitrogen and oxygen atoms in total. The third-order valence-electron chi connectivity index (χ3n) is 7.98. The van der Waals surface area contributed by atoms with E-state index in [2.05, 4.69) is 20.4 Å². The average Bonchev–Trinajstić information content (AvgIpc) is 3.01. The van der Waals surface area contributed by atoms with E-state index in [0.717, 1.165) is 28.8 Å². The van der Waals surface area contributed by atoms with E-state index >= 15 is 0 Å². The summed E-state index contributed by atoms with van der Waals surface area (Å²) < 4.78 is 44.2. The molecule has 4 rings (SSSR count).